The predicted molar refractivity (Wildman–Crippen MR) is 146 cm³/mol. The minimum Gasteiger partial charge on any atom is -0.358 e. The average molecular weight is 498 g/mol. The number of amides is 3. The molecule has 2 aromatic carbocycles. The summed E-state index contributed by atoms with van der Waals surface area (Å²) in [5, 5.41) is 8.79. The van der Waals surface area contributed by atoms with Gasteiger partial charge in [-0.05, 0) is 75.7 Å². The number of aromatic nitrogens is 1. The van der Waals surface area contributed by atoms with Gasteiger partial charge in [0.15, 0.2) is 0 Å². The van der Waals surface area contributed by atoms with Gasteiger partial charge < -0.3 is 25.8 Å². The summed E-state index contributed by atoms with van der Waals surface area (Å²) in [6.45, 7) is 7.42. The fraction of sp³-hybridized carbons (Fsp3) is 0.276. The van der Waals surface area contributed by atoms with Gasteiger partial charge in [-0.3, -0.25) is 14.4 Å². The maximum absolute atomic E-state index is 12.9. The van der Waals surface area contributed by atoms with E-state index in [1.807, 2.05) is 38.1 Å². The molecule has 0 bridgehead atoms. The number of carbonyl (C=O) groups is 3. The zero-order valence-corrected chi connectivity index (χ0v) is 21.1. The number of nitrogens with one attached hydrogen (secondary N) is 4. The Labute approximate surface area is 216 Å². The van der Waals surface area contributed by atoms with Crippen molar-refractivity contribution in [2.75, 3.05) is 36.8 Å². The highest BCUT2D eigenvalue weighted by molar-refractivity contribution is 6.35. The first-order valence-corrected chi connectivity index (χ1v) is 12.6. The van der Waals surface area contributed by atoms with Crippen LogP contribution in [-0.2, 0) is 4.79 Å². The van der Waals surface area contributed by atoms with Gasteiger partial charge in [-0.15, -0.1) is 0 Å². The first kappa shape index (κ1) is 24.5. The second-order valence-electron chi connectivity index (χ2n) is 9.56. The van der Waals surface area contributed by atoms with E-state index >= 15 is 0 Å². The van der Waals surface area contributed by atoms with Gasteiger partial charge in [-0.1, -0.05) is 24.3 Å². The molecule has 8 nitrogen and oxygen atoms in total. The molecule has 5 rings (SSSR count). The number of aromatic amines is 1. The van der Waals surface area contributed by atoms with Crippen LogP contribution < -0.4 is 16.0 Å². The molecule has 2 aliphatic rings. The van der Waals surface area contributed by atoms with Crippen LogP contribution in [0.1, 0.15) is 56.1 Å². The van der Waals surface area contributed by atoms with Gasteiger partial charge in [0, 0.05) is 41.3 Å². The molecular formula is C29H31N5O3. The number of benzene rings is 2. The molecule has 3 heterocycles. The molecule has 8 heteroatoms. The van der Waals surface area contributed by atoms with E-state index in [1.165, 1.54) is 12.8 Å². The first-order valence-electron chi connectivity index (χ1n) is 12.6. The van der Waals surface area contributed by atoms with Gasteiger partial charge in [-0.2, -0.15) is 0 Å². The van der Waals surface area contributed by atoms with Crippen LogP contribution in [0.25, 0.3) is 11.6 Å². The fourth-order valence-corrected chi connectivity index (χ4v) is 5.03. The topological polar surface area (TPSA) is 106 Å². The number of hydrogen-bond acceptors (Lipinski definition) is 4. The summed E-state index contributed by atoms with van der Waals surface area (Å²) in [5.41, 5.74) is 5.93. The van der Waals surface area contributed by atoms with Crippen LogP contribution in [0.4, 0.5) is 11.4 Å². The summed E-state index contributed by atoms with van der Waals surface area (Å²) >= 11 is 0. The summed E-state index contributed by atoms with van der Waals surface area (Å²) in [4.78, 5) is 43.9. The standard InChI is InChI=1S/C29H31N5O3/c1-18-24(31-19(2)26(18)29(37)30-12-15-34-13-6-7-14-34)17-23-22-11-10-21(16-25(22)33-28(23)36)32-27(35)20-8-4-3-5-9-20/h3-5,8-11,16-17,31H,6-7,12-15H2,1-2H3,(H,30,37)(H,32,35)(H,33,36)/b23-17-. The van der Waals surface area contributed by atoms with E-state index in [1.54, 1.807) is 30.3 Å². The number of nitrogens with zero attached hydrogens (tertiary/aromatic N) is 1. The maximum Gasteiger partial charge on any atom is 0.256 e. The lowest BCUT2D eigenvalue weighted by Crippen LogP contribution is -2.33. The number of likely N-dealkylation sites (tertiary alicyclic amines) is 1. The van der Waals surface area contributed by atoms with Crippen molar-refractivity contribution in [1.29, 1.82) is 0 Å². The molecule has 190 valence electrons. The summed E-state index contributed by atoms with van der Waals surface area (Å²) < 4.78 is 0. The number of anilines is 2. The van der Waals surface area contributed by atoms with Gasteiger partial charge in [-0.25, -0.2) is 0 Å². The predicted octanol–water partition coefficient (Wildman–Crippen LogP) is 4.20. The smallest absolute Gasteiger partial charge is 0.256 e. The third kappa shape index (κ3) is 5.20. The molecule has 4 N–H and O–H groups in total. The highest BCUT2D eigenvalue weighted by atomic mass is 16.2. The molecule has 1 aromatic heterocycles. The Morgan fingerprint density at radius 3 is 2.54 bits per heavy atom. The van der Waals surface area contributed by atoms with Crippen molar-refractivity contribution < 1.29 is 14.4 Å². The SMILES string of the molecule is Cc1[nH]c(/C=C2\C(=O)Nc3cc(NC(=O)c4ccccc4)ccc32)c(C)c1C(=O)NCCN1CCCC1. The van der Waals surface area contributed by atoms with Gasteiger partial charge in [0.1, 0.15) is 0 Å². The Hall–Kier alpha value is -4.17. The third-order valence-corrected chi connectivity index (χ3v) is 7.00. The Bertz CT molecular complexity index is 1380. The minimum absolute atomic E-state index is 0.106. The van der Waals surface area contributed by atoms with E-state index in [2.05, 4.69) is 25.8 Å². The lowest BCUT2D eigenvalue weighted by molar-refractivity contribution is -0.110. The Morgan fingerprint density at radius 1 is 1.03 bits per heavy atom. The Balaban J connectivity index is 1.32. The van der Waals surface area contributed by atoms with Crippen molar-refractivity contribution in [1.82, 2.24) is 15.2 Å². The van der Waals surface area contributed by atoms with Crippen molar-refractivity contribution >= 4 is 40.7 Å². The van der Waals surface area contributed by atoms with E-state index in [0.29, 0.717) is 34.6 Å². The number of hydrogen-bond donors (Lipinski definition) is 4. The molecule has 3 amide bonds. The monoisotopic (exact) mass is 497 g/mol. The number of fused-ring (bicyclic) bond motifs is 1. The van der Waals surface area contributed by atoms with Gasteiger partial charge in [0.05, 0.1) is 16.8 Å². The highest BCUT2D eigenvalue weighted by Gasteiger charge is 2.26. The highest BCUT2D eigenvalue weighted by Crippen LogP contribution is 2.36. The number of aryl methyl sites for hydroxylation is 1. The molecule has 0 unspecified atom stereocenters. The van der Waals surface area contributed by atoms with Crippen molar-refractivity contribution in [3.05, 3.63) is 82.2 Å². The molecule has 3 aromatic rings. The number of carbonyl (C=O) groups excluding carboxylic acids is 3. The molecule has 2 aliphatic heterocycles. The van der Waals surface area contributed by atoms with Crippen LogP contribution in [0, 0.1) is 13.8 Å². The molecular weight excluding hydrogens is 466 g/mol. The zero-order chi connectivity index (χ0) is 25.9. The third-order valence-electron chi connectivity index (χ3n) is 7.00. The molecule has 37 heavy (non-hydrogen) atoms. The van der Waals surface area contributed by atoms with Gasteiger partial charge in [0.25, 0.3) is 17.7 Å². The summed E-state index contributed by atoms with van der Waals surface area (Å²) in [7, 11) is 0. The van der Waals surface area contributed by atoms with Crippen LogP contribution in [-0.4, -0.2) is 53.8 Å². The van der Waals surface area contributed by atoms with E-state index < -0.39 is 0 Å². The van der Waals surface area contributed by atoms with Crippen LogP contribution in [0.5, 0.6) is 0 Å². The molecule has 1 fully saturated rings. The van der Waals surface area contributed by atoms with E-state index in [0.717, 1.165) is 42.1 Å². The largest absolute Gasteiger partial charge is 0.358 e. The van der Waals surface area contributed by atoms with E-state index in [-0.39, 0.29) is 17.7 Å². The summed E-state index contributed by atoms with van der Waals surface area (Å²) in [6.07, 6.45) is 4.23. The van der Waals surface area contributed by atoms with Crippen molar-refractivity contribution in [3.63, 3.8) is 0 Å². The van der Waals surface area contributed by atoms with Crippen molar-refractivity contribution in [3.8, 4) is 0 Å². The van der Waals surface area contributed by atoms with Crippen molar-refractivity contribution in [2.45, 2.75) is 26.7 Å². The normalized spacial score (nSPS) is 16.1. The molecule has 0 spiro atoms. The second kappa shape index (κ2) is 10.4. The maximum atomic E-state index is 12.9. The van der Waals surface area contributed by atoms with Gasteiger partial charge >= 0.3 is 0 Å². The molecule has 0 atom stereocenters. The average Bonchev–Trinajstić information content (AvgIpc) is 3.58. The van der Waals surface area contributed by atoms with E-state index in [9.17, 15) is 14.4 Å². The Kier molecular flexibility index (Phi) is 6.92. The lowest BCUT2D eigenvalue weighted by Gasteiger charge is -2.14. The number of rotatable bonds is 7. The lowest BCUT2D eigenvalue weighted by atomic mass is 10.0. The molecule has 1 saturated heterocycles. The molecule has 0 aliphatic carbocycles. The van der Waals surface area contributed by atoms with E-state index in [4.69, 9.17) is 0 Å². The number of H-pyrrole nitrogens is 1. The van der Waals surface area contributed by atoms with Gasteiger partial charge in [0.2, 0.25) is 0 Å². The summed E-state index contributed by atoms with van der Waals surface area (Å²) in [5.74, 6) is -0.556. The Morgan fingerprint density at radius 2 is 1.78 bits per heavy atom. The zero-order valence-electron chi connectivity index (χ0n) is 21.1. The summed E-state index contributed by atoms with van der Waals surface area (Å²) in [6, 6.07) is 14.3. The minimum atomic E-state index is -0.232. The molecule has 0 saturated carbocycles. The fourth-order valence-electron chi connectivity index (χ4n) is 5.03. The first-order chi connectivity index (χ1) is 17.9. The van der Waals surface area contributed by atoms with Crippen LogP contribution >= 0.6 is 0 Å². The van der Waals surface area contributed by atoms with Crippen LogP contribution in [0.15, 0.2) is 48.5 Å². The quantitative estimate of drug-likeness (QED) is 0.367. The second-order valence-corrected chi connectivity index (χ2v) is 9.56. The van der Waals surface area contributed by atoms with Crippen LogP contribution in [0.3, 0.4) is 0 Å². The van der Waals surface area contributed by atoms with Crippen molar-refractivity contribution in [2.24, 2.45) is 0 Å². The molecule has 0 radical (unpaired) electrons. The van der Waals surface area contributed by atoms with Crippen LogP contribution in [0.2, 0.25) is 0 Å².